The van der Waals surface area contributed by atoms with Gasteiger partial charge in [-0.25, -0.2) is 0 Å². The number of hydrogen-bond acceptors (Lipinski definition) is 6. The lowest BCUT2D eigenvalue weighted by atomic mass is 10.2. The summed E-state index contributed by atoms with van der Waals surface area (Å²) in [6.07, 6.45) is 0. The monoisotopic (exact) mass is 440 g/mol. The highest BCUT2D eigenvalue weighted by Gasteiger charge is 2.30. The highest BCUT2D eigenvalue weighted by atomic mass is 32.2. The molecule has 0 spiro atoms. The van der Waals surface area contributed by atoms with E-state index in [1.165, 1.54) is 22.7 Å². The minimum atomic E-state index is -3.47. The van der Waals surface area contributed by atoms with E-state index < -0.39 is 10.2 Å². The van der Waals surface area contributed by atoms with Crippen molar-refractivity contribution in [2.24, 2.45) is 0 Å². The van der Waals surface area contributed by atoms with E-state index in [-0.39, 0.29) is 25.5 Å². The number of nitrogens with zero attached hydrogens (tertiary/aromatic N) is 5. The molecule has 1 aliphatic rings. The van der Waals surface area contributed by atoms with Crippen molar-refractivity contribution in [3.05, 3.63) is 29.0 Å². The van der Waals surface area contributed by atoms with Crippen molar-refractivity contribution in [2.75, 3.05) is 47.4 Å². The third-order valence-electron chi connectivity index (χ3n) is 4.78. The number of amides is 1. The number of ether oxygens (including phenoxy) is 1. The summed E-state index contributed by atoms with van der Waals surface area (Å²) < 4.78 is 34.1. The number of rotatable bonds is 6. The van der Waals surface area contributed by atoms with Gasteiger partial charge < -0.3 is 9.64 Å². The average Bonchev–Trinajstić information content (AvgIpc) is 3.08. The van der Waals surface area contributed by atoms with Crippen LogP contribution in [0.1, 0.15) is 0 Å². The molecule has 0 unspecified atom stereocenters. The topological polar surface area (TPSA) is 104 Å². The van der Waals surface area contributed by atoms with Crippen molar-refractivity contribution in [2.45, 2.75) is 6.54 Å². The Labute approximate surface area is 174 Å². The third kappa shape index (κ3) is 4.50. The van der Waals surface area contributed by atoms with Gasteiger partial charge in [-0.1, -0.05) is 0 Å². The number of aromatic nitrogens is 3. The quantitative estimate of drug-likeness (QED) is 0.659. The van der Waals surface area contributed by atoms with Gasteiger partial charge in [0, 0.05) is 45.8 Å². The third-order valence-corrected chi connectivity index (χ3v) is 7.03. The molecule has 1 aliphatic heterocycles. The van der Waals surface area contributed by atoms with E-state index in [4.69, 9.17) is 17.0 Å². The lowest BCUT2D eigenvalue weighted by molar-refractivity contribution is -0.133. The number of piperazine rings is 1. The van der Waals surface area contributed by atoms with Crippen molar-refractivity contribution in [3.63, 3.8) is 0 Å². The van der Waals surface area contributed by atoms with E-state index in [9.17, 15) is 13.2 Å². The van der Waals surface area contributed by atoms with Crippen LogP contribution in [0.2, 0.25) is 0 Å². The van der Waals surface area contributed by atoms with Gasteiger partial charge in [-0.3, -0.25) is 14.5 Å². The molecule has 1 fully saturated rings. The summed E-state index contributed by atoms with van der Waals surface area (Å²) >= 11 is 5.29. The predicted octanol–water partition coefficient (Wildman–Crippen LogP) is 0.567. The molecule has 1 saturated heterocycles. The van der Waals surface area contributed by atoms with E-state index in [0.29, 0.717) is 23.7 Å². The molecule has 0 aliphatic carbocycles. The van der Waals surface area contributed by atoms with Crippen LogP contribution in [0.5, 0.6) is 5.75 Å². The van der Waals surface area contributed by atoms with E-state index in [1.807, 2.05) is 24.3 Å². The van der Waals surface area contributed by atoms with Crippen molar-refractivity contribution in [3.8, 4) is 17.1 Å². The SMILES string of the molecule is COc1ccc(-c2n[nH]c(=S)n2CC(=O)N2CCN(S(=O)(=O)N(C)C)CC2)cc1. The molecular formula is C17H24N6O4S2. The number of hydrogen-bond donors (Lipinski definition) is 1. The number of nitrogens with one attached hydrogen (secondary N) is 1. The molecule has 1 aromatic heterocycles. The molecule has 10 nitrogen and oxygen atoms in total. The van der Waals surface area contributed by atoms with Gasteiger partial charge in [0.15, 0.2) is 10.6 Å². The van der Waals surface area contributed by atoms with Gasteiger partial charge >= 0.3 is 0 Å². The average molecular weight is 441 g/mol. The largest absolute Gasteiger partial charge is 0.497 e. The van der Waals surface area contributed by atoms with E-state index in [0.717, 1.165) is 11.3 Å². The lowest BCUT2D eigenvalue weighted by Crippen LogP contribution is -2.53. The summed E-state index contributed by atoms with van der Waals surface area (Å²) in [5.74, 6) is 1.13. The number of benzene rings is 1. The molecule has 2 aromatic rings. The van der Waals surface area contributed by atoms with Crippen LogP contribution in [0.15, 0.2) is 24.3 Å². The zero-order chi connectivity index (χ0) is 21.2. The normalized spacial score (nSPS) is 15.7. The Hall–Kier alpha value is -2.28. The van der Waals surface area contributed by atoms with Crippen LogP contribution in [-0.2, 0) is 21.5 Å². The maximum absolute atomic E-state index is 12.8. The van der Waals surface area contributed by atoms with Crippen LogP contribution >= 0.6 is 12.2 Å². The first kappa shape index (κ1) is 21.4. The first-order valence-corrected chi connectivity index (χ1v) is 10.8. The number of carbonyl (C=O) groups excluding carboxylic acids is 1. The molecule has 3 rings (SSSR count). The van der Waals surface area contributed by atoms with Crippen molar-refractivity contribution in [1.82, 2.24) is 28.3 Å². The fourth-order valence-electron chi connectivity index (χ4n) is 3.06. The minimum Gasteiger partial charge on any atom is -0.497 e. The van der Waals surface area contributed by atoms with E-state index in [2.05, 4.69) is 10.2 Å². The van der Waals surface area contributed by atoms with Crippen LogP contribution in [0, 0.1) is 4.77 Å². The summed E-state index contributed by atoms with van der Waals surface area (Å²) in [5.41, 5.74) is 0.799. The van der Waals surface area contributed by atoms with Crippen LogP contribution in [0.25, 0.3) is 11.4 Å². The summed E-state index contributed by atoms with van der Waals surface area (Å²) in [4.78, 5) is 14.5. The molecule has 12 heteroatoms. The minimum absolute atomic E-state index is 0.0249. The molecule has 0 saturated carbocycles. The van der Waals surface area contributed by atoms with Gasteiger partial charge in [0.2, 0.25) is 5.91 Å². The molecule has 2 heterocycles. The summed E-state index contributed by atoms with van der Waals surface area (Å²) in [7, 11) is 1.11. The number of carbonyl (C=O) groups is 1. The number of aromatic amines is 1. The van der Waals surface area contributed by atoms with Gasteiger partial charge in [0.05, 0.1) is 7.11 Å². The first-order valence-electron chi connectivity index (χ1n) is 8.99. The second-order valence-electron chi connectivity index (χ2n) is 6.74. The molecule has 0 radical (unpaired) electrons. The Morgan fingerprint density at radius 2 is 1.83 bits per heavy atom. The van der Waals surface area contributed by atoms with Crippen molar-refractivity contribution < 1.29 is 17.9 Å². The van der Waals surface area contributed by atoms with Gasteiger partial charge in [-0.05, 0) is 36.5 Å². The maximum Gasteiger partial charge on any atom is 0.281 e. The van der Waals surface area contributed by atoms with Crippen LogP contribution in [-0.4, -0.2) is 90.0 Å². The number of methoxy groups -OCH3 is 1. The molecular weight excluding hydrogens is 416 g/mol. The second-order valence-corrected chi connectivity index (χ2v) is 9.27. The summed E-state index contributed by atoms with van der Waals surface area (Å²) in [5, 5.41) is 6.98. The molecule has 1 N–H and O–H groups in total. The van der Waals surface area contributed by atoms with Gasteiger partial charge in [0.1, 0.15) is 12.3 Å². The van der Waals surface area contributed by atoms with E-state index in [1.54, 1.807) is 16.6 Å². The molecule has 0 atom stereocenters. The van der Waals surface area contributed by atoms with Crippen molar-refractivity contribution >= 4 is 28.3 Å². The van der Waals surface area contributed by atoms with Gasteiger partial charge in [0.25, 0.3) is 10.2 Å². The van der Waals surface area contributed by atoms with Gasteiger partial charge in [-0.2, -0.15) is 22.1 Å². The van der Waals surface area contributed by atoms with Crippen LogP contribution < -0.4 is 4.74 Å². The Bertz CT molecular complexity index is 1020. The van der Waals surface area contributed by atoms with Gasteiger partial charge in [-0.15, -0.1) is 0 Å². The molecule has 29 heavy (non-hydrogen) atoms. The Kier molecular flexibility index (Phi) is 6.36. The fraction of sp³-hybridized carbons (Fsp3) is 0.471. The van der Waals surface area contributed by atoms with Crippen molar-refractivity contribution in [1.29, 1.82) is 0 Å². The smallest absolute Gasteiger partial charge is 0.281 e. The summed E-state index contributed by atoms with van der Waals surface area (Å²) in [6, 6.07) is 7.30. The predicted molar refractivity (Wildman–Crippen MR) is 110 cm³/mol. The van der Waals surface area contributed by atoms with Crippen LogP contribution in [0.4, 0.5) is 0 Å². The highest BCUT2D eigenvalue weighted by Crippen LogP contribution is 2.21. The zero-order valence-electron chi connectivity index (χ0n) is 16.5. The second kappa shape index (κ2) is 8.61. The Morgan fingerprint density at radius 3 is 2.38 bits per heavy atom. The Balaban J connectivity index is 1.71. The first-order chi connectivity index (χ1) is 13.7. The van der Waals surface area contributed by atoms with Crippen LogP contribution in [0.3, 0.4) is 0 Å². The fourth-order valence-corrected chi connectivity index (χ4v) is 4.34. The van der Waals surface area contributed by atoms with E-state index >= 15 is 0 Å². The molecule has 158 valence electrons. The zero-order valence-corrected chi connectivity index (χ0v) is 18.2. The Morgan fingerprint density at radius 1 is 1.21 bits per heavy atom. The maximum atomic E-state index is 12.8. The standard InChI is InChI=1S/C17H24N6O4S2/c1-20(2)29(25,26)22-10-8-21(9-11-22)15(24)12-23-16(18-19-17(23)28)13-4-6-14(27-3)7-5-13/h4-7H,8-12H2,1-3H3,(H,19,28). The lowest BCUT2D eigenvalue weighted by Gasteiger charge is -2.35. The number of H-pyrrole nitrogens is 1. The molecule has 1 aromatic carbocycles. The summed E-state index contributed by atoms with van der Waals surface area (Å²) in [6.45, 7) is 1.20. The molecule has 1 amide bonds. The molecule has 0 bridgehead atoms. The highest BCUT2D eigenvalue weighted by molar-refractivity contribution is 7.86.